The van der Waals surface area contributed by atoms with Crippen LogP contribution < -0.4 is 10.6 Å². The normalized spacial score (nSPS) is 11.8. The van der Waals surface area contributed by atoms with E-state index in [-0.39, 0.29) is 11.8 Å². The van der Waals surface area contributed by atoms with Crippen LogP contribution in [0.1, 0.15) is 29.8 Å². The molecule has 0 aromatic heterocycles. The first-order chi connectivity index (χ1) is 13.1. The summed E-state index contributed by atoms with van der Waals surface area (Å²) in [5.41, 5.74) is 1.56. The summed E-state index contributed by atoms with van der Waals surface area (Å²) >= 11 is 0. The van der Waals surface area contributed by atoms with Crippen LogP contribution in [0.25, 0.3) is 0 Å². The van der Waals surface area contributed by atoms with E-state index in [1.54, 1.807) is 12.1 Å². The van der Waals surface area contributed by atoms with E-state index in [1.165, 1.54) is 0 Å². The fourth-order valence-corrected chi connectivity index (χ4v) is 2.89. The number of benzene rings is 2. The molecule has 2 N–H and O–H groups in total. The Kier molecular flexibility index (Phi) is 8.52. The van der Waals surface area contributed by atoms with Gasteiger partial charge in [0, 0.05) is 25.1 Å². The Labute approximate surface area is 161 Å². The van der Waals surface area contributed by atoms with Gasteiger partial charge in [-0.3, -0.25) is 9.59 Å². The van der Waals surface area contributed by atoms with Gasteiger partial charge in [0.15, 0.2) is 0 Å². The van der Waals surface area contributed by atoms with E-state index in [4.69, 9.17) is 0 Å². The van der Waals surface area contributed by atoms with Crippen molar-refractivity contribution in [2.24, 2.45) is 0 Å². The van der Waals surface area contributed by atoms with Gasteiger partial charge in [-0.2, -0.15) is 0 Å². The van der Waals surface area contributed by atoms with E-state index in [1.807, 2.05) is 48.5 Å². The van der Waals surface area contributed by atoms with Crippen LogP contribution in [0, 0.1) is 0 Å². The fourth-order valence-electron chi connectivity index (χ4n) is 2.89. The second kappa shape index (κ2) is 11.1. The smallest absolute Gasteiger partial charge is 0.251 e. The molecule has 0 spiro atoms. The molecule has 5 heteroatoms. The van der Waals surface area contributed by atoms with Crippen molar-refractivity contribution in [3.63, 3.8) is 0 Å². The van der Waals surface area contributed by atoms with Crippen LogP contribution in [0.5, 0.6) is 0 Å². The van der Waals surface area contributed by atoms with Crippen LogP contribution in [0.2, 0.25) is 0 Å². The molecule has 0 saturated carbocycles. The Morgan fingerprint density at radius 1 is 0.926 bits per heavy atom. The minimum Gasteiger partial charge on any atom is -0.353 e. The van der Waals surface area contributed by atoms with Gasteiger partial charge in [-0.15, -0.1) is 0 Å². The average Bonchev–Trinajstić information content (AvgIpc) is 2.72. The van der Waals surface area contributed by atoms with Gasteiger partial charge < -0.3 is 15.5 Å². The highest BCUT2D eigenvalue weighted by molar-refractivity contribution is 5.97. The lowest BCUT2D eigenvalue weighted by atomic mass is 10.0. The molecule has 0 aliphatic rings. The molecule has 27 heavy (non-hydrogen) atoms. The number of nitrogens with one attached hydrogen (secondary N) is 2. The maximum absolute atomic E-state index is 12.7. The van der Waals surface area contributed by atoms with E-state index in [9.17, 15) is 9.59 Å². The molecule has 0 fully saturated rings. The molecule has 5 nitrogen and oxygen atoms in total. The van der Waals surface area contributed by atoms with E-state index in [2.05, 4.69) is 29.4 Å². The lowest BCUT2D eigenvalue weighted by Gasteiger charge is -2.21. The predicted octanol–water partition coefficient (Wildman–Crippen LogP) is 2.49. The lowest BCUT2D eigenvalue weighted by Crippen LogP contribution is -2.49. The number of likely N-dealkylation sites (N-methyl/N-ethyl adjacent to an activating group) is 1. The van der Waals surface area contributed by atoms with Gasteiger partial charge in [0.05, 0.1) is 0 Å². The first-order valence-electron chi connectivity index (χ1n) is 9.54. The highest BCUT2D eigenvalue weighted by Gasteiger charge is 2.21. The summed E-state index contributed by atoms with van der Waals surface area (Å²) in [5, 5.41) is 5.85. The summed E-state index contributed by atoms with van der Waals surface area (Å²) < 4.78 is 0. The van der Waals surface area contributed by atoms with Crippen LogP contribution in [-0.4, -0.2) is 48.9 Å². The third-order valence-corrected chi connectivity index (χ3v) is 4.56. The van der Waals surface area contributed by atoms with Crippen molar-refractivity contribution in [2.75, 3.05) is 26.2 Å². The third-order valence-electron chi connectivity index (χ3n) is 4.56. The maximum atomic E-state index is 12.7. The number of hydrogen-bond acceptors (Lipinski definition) is 3. The van der Waals surface area contributed by atoms with Crippen molar-refractivity contribution in [1.82, 2.24) is 15.5 Å². The number of hydrogen-bond donors (Lipinski definition) is 2. The van der Waals surface area contributed by atoms with Crippen molar-refractivity contribution in [3.8, 4) is 0 Å². The Morgan fingerprint density at radius 3 is 2.11 bits per heavy atom. The monoisotopic (exact) mass is 367 g/mol. The van der Waals surface area contributed by atoms with Crippen LogP contribution >= 0.6 is 0 Å². The molecular formula is C22H29N3O2. The predicted molar refractivity (Wildman–Crippen MR) is 109 cm³/mol. The SMILES string of the molecule is CCN(CC)CCNC(=O)C(Cc1ccccc1)NC(=O)c1ccccc1. The Morgan fingerprint density at radius 2 is 1.52 bits per heavy atom. The highest BCUT2D eigenvalue weighted by Crippen LogP contribution is 2.06. The standard InChI is InChI=1S/C22H29N3O2/c1-3-25(4-2)16-15-23-22(27)20(17-18-11-7-5-8-12-18)24-21(26)19-13-9-6-10-14-19/h5-14,20H,3-4,15-17H2,1-2H3,(H,23,27)(H,24,26). The summed E-state index contributed by atoms with van der Waals surface area (Å²) in [4.78, 5) is 27.5. The van der Waals surface area contributed by atoms with Gasteiger partial charge >= 0.3 is 0 Å². The number of amides is 2. The molecule has 2 aromatic carbocycles. The van der Waals surface area contributed by atoms with Crippen LogP contribution in [0.15, 0.2) is 60.7 Å². The fraction of sp³-hybridized carbons (Fsp3) is 0.364. The average molecular weight is 367 g/mol. The molecule has 2 amide bonds. The molecule has 144 valence electrons. The topological polar surface area (TPSA) is 61.4 Å². The molecule has 1 atom stereocenters. The molecule has 2 aromatic rings. The molecule has 0 bridgehead atoms. The number of carbonyl (C=O) groups excluding carboxylic acids is 2. The van der Waals surface area contributed by atoms with Crippen molar-refractivity contribution >= 4 is 11.8 Å². The molecule has 2 rings (SSSR count). The molecule has 0 radical (unpaired) electrons. The highest BCUT2D eigenvalue weighted by atomic mass is 16.2. The van der Waals surface area contributed by atoms with Gasteiger partial charge in [-0.05, 0) is 30.8 Å². The van der Waals surface area contributed by atoms with Crippen LogP contribution in [0.4, 0.5) is 0 Å². The van der Waals surface area contributed by atoms with Crippen LogP contribution in [-0.2, 0) is 11.2 Å². The van der Waals surface area contributed by atoms with Gasteiger partial charge in [-0.1, -0.05) is 62.4 Å². The van der Waals surface area contributed by atoms with Crippen molar-refractivity contribution in [3.05, 3.63) is 71.8 Å². The summed E-state index contributed by atoms with van der Waals surface area (Å²) in [6.07, 6.45) is 0.455. The van der Waals surface area contributed by atoms with Crippen LogP contribution in [0.3, 0.4) is 0 Å². The van der Waals surface area contributed by atoms with E-state index < -0.39 is 6.04 Å². The van der Waals surface area contributed by atoms with Gasteiger partial charge in [0.1, 0.15) is 6.04 Å². The minimum absolute atomic E-state index is 0.157. The van der Waals surface area contributed by atoms with Crippen molar-refractivity contribution in [2.45, 2.75) is 26.3 Å². The third kappa shape index (κ3) is 6.87. The molecule has 0 heterocycles. The summed E-state index contributed by atoms with van der Waals surface area (Å²) in [7, 11) is 0. The Bertz CT molecular complexity index is 700. The summed E-state index contributed by atoms with van der Waals surface area (Å²) in [6, 6.07) is 18.1. The van der Waals surface area contributed by atoms with Gasteiger partial charge in [-0.25, -0.2) is 0 Å². The van der Waals surface area contributed by atoms with E-state index in [0.717, 1.165) is 25.2 Å². The quantitative estimate of drug-likeness (QED) is 0.678. The molecule has 1 unspecified atom stereocenters. The zero-order valence-corrected chi connectivity index (χ0v) is 16.2. The Hall–Kier alpha value is -2.66. The first-order valence-corrected chi connectivity index (χ1v) is 9.54. The second-order valence-corrected chi connectivity index (χ2v) is 6.40. The number of carbonyl (C=O) groups is 2. The number of nitrogens with zero attached hydrogens (tertiary/aromatic N) is 1. The largest absolute Gasteiger partial charge is 0.353 e. The molecule has 0 aliphatic heterocycles. The summed E-state index contributed by atoms with van der Waals surface area (Å²) in [6.45, 7) is 7.46. The second-order valence-electron chi connectivity index (χ2n) is 6.40. The summed E-state index contributed by atoms with van der Waals surface area (Å²) in [5.74, 6) is -0.397. The molecule has 0 aliphatic carbocycles. The Balaban J connectivity index is 2.02. The lowest BCUT2D eigenvalue weighted by molar-refractivity contribution is -0.123. The van der Waals surface area contributed by atoms with Gasteiger partial charge in [0.2, 0.25) is 5.91 Å². The van der Waals surface area contributed by atoms with E-state index in [0.29, 0.717) is 18.5 Å². The molecule has 0 saturated heterocycles. The zero-order chi connectivity index (χ0) is 19.5. The zero-order valence-electron chi connectivity index (χ0n) is 16.2. The van der Waals surface area contributed by atoms with Crippen molar-refractivity contribution in [1.29, 1.82) is 0 Å². The van der Waals surface area contributed by atoms with E-state index >= 15 is 0 Å². The first kappa shape index (κ1) is 20.6. The number of rotatable bonds is 10. The van der Waals surface area contributed by atoms with Crippen molar-refractivity contribution < 1.29 is 9.59 Å². The minimum atomic E-state index is -0.614. The maximum Gasteiger partial charge on any atom is 0.251 e. The molecular weight excluding hydrogens is 338 g/mol. The van der Waals surface area contributed by atoms with Gasteiger partial charge in [0.25, 0.3) is 5.91 Å².